The van der Waals surface area contributed by atoms with E-state index >= 15 is 0 Å². The van der Waals surface area contributed by atoms with Gasteiger partial charge in [-0.15, -0.1) is 0 Å². The van der Waals surface area contributed by atoms with Crippen LogP contribution in [0.15, 0.2) is 48.5 Å². The minimum absolute atomic E-state index is 0.0902. The number of aromatic nitrogens is 2. The van der Waals surface area contributed by atoms with Gasteiger partial charge in [0.2, 0.25) is 0 Å². The summed E-state index contributed by atoms with van der Waals surface area (Å²) in [4.78, 5) is 10.2. The summed E-state index contributed by atoms with van der Waals surface area (Å²) in [6, 6.07) is 14.3. The molecule has 20 heavy (non-hydrogen) atoms. The van der Waals surface area contributed by atoms with Gasteiger partial charge in [-0.3, -0.25) is 15.2 Å². The van der Waals surface area contributed by atoms with Crippen molar-refractivity contribution >= 4 is 28.7 Å². The first kappa shape index (κ1) is 12.1. The minimum Gasteiger partial charge on any atom is -0.277 e. The molecule has 5 nitrogen and oxygen atoms in total. The molecule has 0 bridgehead atoms. The van der Waals surface area contributed by atoms with E-state index in [1.54, 1.807) is 12.1 Å². The Morgan fingerprint density at radius 1 is 1.05 bits per heavy atom. The summed E-state index contributed by atoms with van der Waals surface area (Å²) in [6.45, 7) is 0. The van der Waals surface area contributed by atoms with Crippen LogP contribution in [0.25, 0.3) is 23.1 Å². The predicted molar refractivity (Wildman–Crippen MR) is 78.1 cm³/mol. The Morgan fingerprint density at radius 3 is 2.55 bits per heavy atom. The summed E-state index contributed by atoms with van der Waals surface area (Å²) in [5.41, 5.74) is 2.81. The largest absolute Gasteiger partial charge is 0.277 e. The highest BCUT2D eigenvalue weighted by molar-refractivity contribution is 5.89. The maximum absolute atomic E-state index is 10.6. The fourth-order valence-electron chi connectivity index (χ4n) is 1.99. The van der Waals surface area contributed by atoms with Crippen LogP contribution >= 0.6 is 0 Å². The Morgan fingerprint density at radius 2 is 1.80 bits per heavy atom. The summed E-state index contributed by atoms with van der Waals surface area (Å²) in [5.74, 6) is 0. The van der Waals surface area contributed by atoms with Crippen molar-refractivity contribution in [3.63, 3.8) is 0 Å². The van der Waals surface area contributed by atoms with Gasteiger partial charge in [0.15, 0.2) is 0 Å². The second kappa shape index (κ2) is 4.97. The molecule has 5 heteroatoms. The molecule has 0 aliphatic heterocycles. The lowest BCUT2D eigenvalue weighted by Crippen LogP contribution is -1.86. The molecular weight excluding hydrogens is 254 g/mol. The van der Waals surface area contributed by atoms with Gasteiger partial charge in [-0.05, 0) is 29.8 Å². The zero-order chi connectivity index (χ0) is 13.9. The van der Waals surface area contributed by atoms with Crippen LogP contribution in [0.5, 0.6) is 0 Å². The second-order valence-electron chi connectivity index (χ2n) is 4.34. The SMILES string of the molecule is O=[N+]([O-])c1ccc(C=Cc2n[nH]c3ccccc23)cc1. The van der Waals surface area contributed by atoms with Gasteiger partial charge in [-0.25, -0.2) is 0 Å². The number of H-pyrrole nitrogens is 1. The summed E-state index contributed by atoms with van der Waals surface area (Å²) in [5, 5.41) is 18.8. The smallest absolute Gasteiger partial charge is 0.269 e. The first-order valence-electron chi connectivity index (χ1n) is 6.10. The molecule has 0 aliphatic carbocycles. The normalized spacial score (nSPS) is 11.2. The zero-order valence-corrected chi connectivity index (χ0v) is 10.5. The Kier molecular flexibility index (Phi) is 3.01. The highest BCUT2D eigenvalue weighted by atomic mass is 16.6. The standard InChI is InChI=1S/C15H11N3O2/c19-18(20)12-8-5-11(6-9-12)7-10-15-13-3-1-2-4-14(13)16-17-15/h1-10H,(H,16,17). The molecule has 0 radical (unpaired) electrons. The van der Waals surface area contributed by atoms with Gasteiger partial charge in [0.05, 0.1) is 16.1 Å². The molecule has 98 valence electrons. The molecule has 1 N–H and O–H groups in total. The molecule has 3 aromatic rings. The predicted octanol–water partition coefficient (Wildman–Crippen LogP) is 3.64. The van der Waals surface area contributed by atoms with E-state index in [4.69, 9.17) is 0 Å². The monoisotopic (exact) mass is 265 g/mol. The van der Waals surface area contributed by atoms with Gasteiger partial charge in [0, 0.05) is 17.5 Å². The van der Waals surface area contributed by atoms with Gasteiger partial charge < -0.3 is 0 Å². The number of nitrogens with one attached hydrogen (secondary N) is 1. The van der Waals surface area contributed by atoms with Gasteiger partial charge >= 0.3 is 0 Å². The number of nitro groups is 1. The van der Waals surface area contributed by atoms with Crippen LogP contribution in [0.3, 0.4) is 0 Å². The van der Waals surface area contributed by atoms with E-state index in [9.17, 15) is 10.1 Å². The summed E-state index contributed by atoms with van der Waals surface area (Å²) in [7, 11) is 0. The Hall–Kier alpha value is -2.95. The molecule has 0 saturated heterocycles. The number of hydrogen-bond donors (Lipinski definition) is 1. The highest BCUT2D eigenvalue weighted by Gasteiger charge is 2.03. The fourth-order valence-corrected chi connectivity index (χ4v) is 1.99. The van der Waals surface area contributed by atoms with E-state index in [1.807, 2.05) is 36.4 Å². The third-order valence-corrected chi connectivity index (χ3v) is 3.04. The topological polar surface area (TPSA) is 71.8 Å². The van der Waals surface area contributed by atoms with Crippen LogP contribution in [-0.4, -0.2) is 15.1 Å². The van der Waals surface area contributed by atoms with Gasteiger partial charge in [0.1, 0.15) is 0 Å². The molecule has 0 amide bonds. The first-order valence-corrected chi connectivity index (χ1v) is 6.10. The van der Waals surface area contributed by atoms with E-state index in [-0.39, 0.29) is 5.69 Å². The molecule has 2 aromatic carbocycles. The van der Waals surface area contributed by atoms with Crippen molar-refractivity contribution < 1.29 is 4.92 Å². The average Bonchev–Trinajstić information content (AvgIpc) is 2.89. The van der Waals surface area contributed by atoms with E-state index in [0.717, 1.165) is 22.2 Å². The highest BCUT2D eigenvalue weighted by Crippen LogP contribution is 2.18. The van der Waals surface area contributed by atoms with Crippen molar-refractivity contribution in [3.8, 4) is 0 Å². The Bertz CT molecular complexity index is 788. The molecule has 3 rings (SSSR count). The van der Waals surface area contributed by atoms with E-state index in [1.165, 1.54) is 12.1 Å². The van der Waals surface area contributed by atoms with Crippen molar-refractivity contribution in [2.24, 2.45) is 0 Å². The summed E-state index contributed by atoms with van der Waals surface area (Å²) < 4.78 is 0. The van der Waals surface area contributed by atoms with E-state index < -0.39 is 4.92 Å². The van der Waals surface area contributed by atoms with Crippen LogP contribution in [0.4, 0.5) is 5.69 Å². The quantitative estimate of drug-likeness (QED) is 0.580. The van der Waals surface area contributed by atoms with Gasteiger partial charge in [-0.2, -0.15) is 5.10 Å². The number of nitrogens with zero attached hydrogens (tertiary/aromatic N) is 2. The van der Waals surface area contributed by atoms with Gasteiger partial charge in [-0.1, -0.05) is 24.3 Å². The molecule has 0 atom stereocenters. The van der Waals surface area contributed by atoms with E-state index in [2.05, 4.69) is 10.2 Å². The maximum atomic E-state index is 10.6. The molecule has 0 spiro atoms. The van der Waals surface area contributed by atoms with Crippen molar-refractivity contribution in [2.45, 2.75) is 0 Å². The Balaban J connectivity index is 1.88. The van der Waals surface area contributed by atoms with Gasteiger partial charge in [0.25, 0.3) is 5.69 Å². The van der Waals surface area contributed by atoms with Crippen LogP contribution in [0.1, 0.15) is 11.3 Å². The zero-order valence-electron chi connectivity index (χ0n) is 10.5. The minimum atomic E-state index is -0.408. The van der Waals surface area contributed by atoms with E-state index in [0.29, 0.717) is 0 Å². The summed E-state index contributed by atoms with van der Waals surface area (Å²) in [6.07, 6.45) is 3.77. The number of para-hydroxylation sites is 1. The van der Waals surface area contributed by atoms with Crippen molar-refractivity contribution in [2.75, 3.05) is 0 Å². The number of nitro benzene ring substituents is 1. The van der Waals surface area contributed by atoms with Crippen LogP contribution in [0, 0.1) is 10.1 Å². The molecule has 0 saturated carbocycles. The molecule has 0 unspecified atom stereocenters. The number of hydrogen-bond acceptors (Lipinski definition) is 3. The Labute approximate surface area is 114 Å². The number of non-ortho nitro benzene ring substituents is 1. The molecular formula is C15H11N3O2. The number of rotatable bonds is 3. The molecule has 0 fully saturated rings. The van der Waals surface area contributed by atoms with Crippen molar-refractivity contribution in [1.82, 2.24) is 10.2 Å². The van der Waals surface area contributed by atoms with Crippen LogP contribution in [-0.2, 0) is 0 Å². The molecule has 0 aliphatic rings. The van der Waals surface area contributed by atoms with Crippen LogP contribution in [0.2, 0.25) is 0 Å². The number of benzene rings is 2. The lowest BCUT2D eigenvalue weighted by molar-refractivity contribution is -0.384. The average molecular weight is 265 g/mol. The number of aromatic amines is 1. The maximum Gasteiger partial charge on any atom is 0.269 e. The number of fused-ring (bicyclic) bond motifs is 1. The molecule has 1 heterocycles. The van der Waals surface area contributed by atoms with Crippen molar-refractivity contribution in [3.05, 3.63) is 69.9 Å². The first-order chi connectivity index (χ1) is 9.74. The third kappa shape index (κ3) is 2.29. The van der Waals surface area contributed by atoms with Crippen molar-refractivity contribution in [1.29, 1.82) is 0 Å². The molecule has 1 aromatic heterocycles. The fraction of sp³-hybridized carbons (Fsp3) is 0. The lowest BCUT2D eigenvalue weighted by atomic mass is 10.1. The summed E-state index contributed by atoms with van der Waals surface area (Å²) >= 11 is 0. The lowest BCUT2D eigenvalue weighted by Gasteiger charge is -1.93. The van der Waals surface area contributed by atoms with Crippen LogP contribution < -0.4 is 0 Å². The second-order valence-corrected chi connectivity index (χ2v) is 4.34. The third-order valence-electron chi connectivity index (χ3n) is 3.04.